The van der Waals surface area contributed by atoms with Gasteiger partial charge in [-0.3, -0.25) is 0 Å². The third-order valence-electron chi connectivity index (χ3n) is 3.38. The summed E-state index contributed by atoms with van der Waals surface area (Å²) >= 11 is 0. The fourth-order valence-electron chi connectivity index (χ4n) is 2.05. The molecule has 0 aliphatic carbocycles. The minimum Gasteiger partial charge on any atom is -0.482 e. The Morgan fingerprint density at radius 2 is 1.88 bits per heavy atom. The topological polar surface area (TPSA) is 108 Å². The summed E-state index contributed by atoms with van der Waals surface area (Å²) in [5, 5.41) is 0. The molecule has 0 saturated carbocycles. The average Bonchev–Trinajstić information content (AvgIpc) is 2.60. The number of nitrogen functional groups attached to an aromatic ring is 1. The Morgan fingerprint density at radius 3 is 2.56 bits per heavy atom. The summed E-state index contributed by atoms with van der Waals surface area (Å²) in [4.78, 5) is 11.2. The normalized spacial score (nSPS) is 11.1. The molecule has 0 aliphatic heterocycles. The van der Waals surface area contributed by atoms with Gasteiger partial charge in [0.05, 0.1) is 12.0 Å². The van der Waals surface area contributed by atoms with Crippen LogP contribution in [0.4, 0.5) is 5.69 Å². The van der Waals surface area contributed by atoms with E-state index in [1.54, 1.807) is 18.2 Å². The number of nitrogens with two attached hydrogens (primary N) is 1. The van der Waals surface area contributed by atoms with E-state index in [9.17, 15) is 13.2 Å². The van der Waals surface area contributed by atoms with Gasteiger partial charge in [0.1, 0.15) is 5.75 Å². The predicted molar refractivity (Wildman–Crippen MR) is 93.7 cm³/mol. The largest absolute Gasteiger partial charge is 0.482 e. The van der Waals surface area contributed by atoms with Crippen LogP contribution in [0.25, 0.3) is 0 Å². The maximum absolute atomic E-state index is 12.2. The highest BCUT2D eigenvalue weighted by molar-refractivity contribution is 7.89. The summed E-state index contributed by atoms with van der Waals surface area (Å²) in [6, 6.07) is 13.1. The molecule has 2 rings (SSSR count). The van der Waals surface area contributed by atoms with Crippen molar-refractivity contribution >= 4 is 21.7 Å². The molecule has 8 heteroatoms. The standard InChI is InChI=1S/C17H20N2O5S/c1-23-17(20)12-24-15-4-2-3-13(11-15)9-10-19-25(21,22)16-7-5-14(18)6-8-16/h2-8,11,19H,9-10,12,18H2,1H3. The lowest BCUT2D eigenvalue weighted by Crippen LogP contribution is -2.26. The Morgan fingerprint density at radius 1 is 1.16 bits per heavy atom. The van der Waals surface area contributed by atoms with Gasteiger partial charge in [-0.1, -0.05) is 12.1 Å². The number of hydrogen-bond acceptors (Lipinski definition) is 6. The molecular weight excluding hydrogens is 344 g/mol. The van der Waals surface area contributed by atoms with Crippen molar-refractivity contribution in [3.63, 3.8) is 0 Å². The highest BCUT2D eigenvalue weighted by Gasteiger charge is 2.13. The molecule has 2 aromatic rings. The smallest absolute Gasteiger partial charge is 0.343 e. The molecule has 3 N–H and O–H groups in total. The lowest BCUT2D eigenvalue weighted by atomic mass is 10.1. The van der Waals surface area contributed by atoms with E-state index in [4.69, 9.17) is 10.5 Å². The van der Waals surface area contributed by atoms with Gasteiger partial charge in [0, 0.05) is 12.2 Å². The number of rotatable bonds is 8. The summed E-state index contributed by atoms with van der Waals surface area (Å²) in [6.45, 7) is 0.0525. The Hall–Kier alpha value is -2.58. The van der Waals surface area contributed by atoms with Crippen molar-refractivity contribution in [3.05, 3.63) is 54.1 Å². The van der Waals surface area contributed by atoms with Crippen LogP contribution in [-0.4, -0.2) is 34.6 Å². The number of methoxy groups -OCH3 is 1. The number of esters is 1. The van der Waals surface area contributed by atoms with Gasteiger partial charge in [-0.25, -0.2) is 17.9 Å². The van der Waals surface area contributed by atoms with E-state index in [-0.39, 0.29) is 18.0 Å². The van der Waals surface area contributed by atoms with Gasteiger partial charge in [-0.05, 0) is 48.4 Å². The second kappa shape index (κ2) is 8.50. The van der Waals surface area contributed by atoms with Crippen molar-refractivity contribution in [2.75, 3.05) is 26.0 Å². The zero-order valence-electron chi connectivity index (χ0n) is 13.8. The summed E-state index contributed by atoms with van der Waals surface area (Å²) in [5.74, 6) is 0.0472. The van der Waals surface area contributed by atoms with E-state index in [1.807, 2.05) is 6.07 Å². The van der Waals surface area contributed by atoms with E-state index in [2.05, 4.69) is 9.46 Å². The molecule has 0 fully saturated rings. The molecule has 0 aliphatic rings. The molecule has 134 valence electrons. The Balaban J connectivity index is 1.90. The lowest BCUT2D eigenvalue weighted by molar-refractivity contribution is -0.142. The highest BCUT2D eigenvalue weighted by Crippen LogP contribution is 2.15. The molecule has 0 atom stereocenters. The van der Waals surface area contributed by atoms with Crippen molar-refractivity contribution in [1.82, 2.24) is 4.72 Å². The van der Waals surface area contributed by atoms with Crippen LogP contribution in [0.15, 0.2) is 53.4 Å². The summed E-state index contributed by atoms with van der Waals surface area (Å²) < 4.78 is 36.7. The summed E-state index contributed by atoms with van der Waals surface area (Å²) in [6.07, 6.45) is 0.476. The number of nitrogens with one attached hydrogen (secondary N) is 1. The van der Waals surface area contributed by atoms with Crippen molar-refractivity contribution in [2.45, 2.75) is 11.3 Å². The van der Waals surface area contributed by atoms with Gasteiger partial charge < -0.3 is 15.2 Å². The van der Waals surface area contributed by atoms with Crippen LogP contribution in [0.2, 0.25) is 0 Å². The van der Waals surface area contributed by atoms with Crippen molar-refractivity contribution in [2.24, 2.45) is 0 Å². The number of carbonyl (C=O) groups excluding carboxylic acids is 1. The van der Waals surface area contributed by atoms with Crippen LogP contribution >= 0.6 is 0 Å². The zero-order valence-corrected chi connectivity index (χ0v) is 14.6. The Labute approximate surface area is 146 Å². The van der Waals surface area contributed by atoms with Crippen LogP contribution in [0.1, 0.15) is 5.56 Å². The second-order valence-electron chi connectivity index (χ2n) is 5.23. The molecule has 0 bridgehead atoms. The van der Waals surface area contributed by atoms with E-state index in [0.29, 0.717) is 17.9 Å². The molecule has 25 heavy (non-hydrogen) atoms. The molecule has 0 amide bonds. The highest BCUT2D eigenvalue weighted by atomic mass is 32.2. The minimum absolute atomic E-state index is 0.164. The third-order valence-corrected chi connectivity index (χ3v) is 4.86. The average molecular weight is 364 g/mol. The van der Waals surface area contributed by atoms with Gasteiger partial charge in [0.25, 0.3) is 0 Å². The first-order chi connectivity index (χ1) is 11.9. The number of sulfonamides is 1. The Bertz CT molecular complexity index is 819. The molecule has 0 aromatic heterocycles. The van der Waals surface area contributed by atoms with Gasteiger partial charge in [0.2, 0.25) is 10.0 Å². The third kappa shape index (κ3) is 5.77. The number of anilines is 1. The summed E-state index contributed by atoms with van der Waals surface area (Å²) in [5.41, 5.74) is 6.94. The molecule has 2 aromatic carbocycles. The van der Waals surface area contributed by atoms with Crippen LogP contribution < -0.4 is 15.2 Å². The SMILES string of the molecule is COC(=O)COc1cccc(CCNS(=O)(=O)c2ccc(N)cc2)c1. The minimum atomic E-state index is -3.58. The van der Waals surface area contributed by atoms with E-state index in [0.717, 1.165) is 5.56 Å². The first kappa shape index (κ1) is 18.8. The van der Waals surface area contributed by atoms with Gasteiger partial charge in [-0.2, -0.15) is 0 Å². The van der Waals surface area contributed by atoms with Gasteiger partial charge in [0.15, 0.2) is 6.61 Å². The van der Waals surface area contributed by atoms with Gasteiger partial charge in [-0.15, -0.1) is 0 Å². The molecular formula is C17H20N2O5S. The molecule has 0 heterocycles. The number of benzene rings is 2. The fraction of sp³-hybridized carbons (Fsp3) is 0.235. The number of hydrogen-bond donors (Lipinski definition) is 2. The molecule has 7 nitrogen and oxygen atoms in total. The van der Waals surface area contributed by atoms with Crippen LogP contribution in [0, 0.1) is 0 Å². The lowest BCUT2D eigenvalue weighted by Gasteiger charge is -2.09. The summed E-state index contributed by atoms with van der Waals surface area (Å²) in [7, 11) is -2.29. The Kier molecular flexibility index (Phi) is 6.37. The number of ether oxygens (including phenoxy) is 2. The second-order valence-corrected chi connectivity index (χ2v) is 7.00. The first-order valence-corrected chi connectivity index (χ1v) is 9.03. The van der Waals surface area contributed by atoms with Crippen molar-refractivity contribution in [1.29, 1.82) is 0 Å². The fourth-order valence-corrected chi connectivity index (χ4v) is 3.08. The van der Waals surface area contributed by atoms with Gasteiger partial charge >= 0.3 is 5.97 Å². The van der Waals surface area contributed by atoms with Crippen molar-refractivity contribution < 1.29 is 22.7 Å². The van der Waals surface area contributed by atoms with Crippen LogP contribution in [0.5, 0.6) is 5.75 Å². The molecule has 0 radical (unpaired) electrons. The molecule has 0 spiro atoms. The predicted octanol–water partition coefficient (Wildman–Crippen LogP) is 1.34. The monoisotopic (exact) mass is 364 g/mol. The maximum atomic E-state index is 12.2. The van der Waals surface area contributed by atoms with E-state index >= 15 is 0 Å². The van der Waals surface area contributed by atoms with E-state index < -0.39 is 16.0 Å². The number of carbonyl (C=O) groups is 1. The first-order valence-electron chi connectivity index (χ1n) is 7.54. The van der Waals surface area contributed by atoms with Crippen LogP contribution in [-0.2, 0) is 26.0 Å². The van der Waals surface area contributed by atoms with Crippen LogP contribution in [0.3, 0.4) is 0 Å². The van der Waals surface area contributed by atoms with E-state index in [1.165, 1.54) is 31.4 Å². The quantitative estimate of drug-likeness (QED) is 0.541. The molecule has 0 saturated heterocycles. The van der Waals surface area contributed by atoms with Crippen molar-refractivity contribution in [3.8, 4) is 5.75 Å². The zero-order chi connectivity index (χ0) is 18.3. The molecule has 0 unspecified atom stereocenters. The maximum Gasteiger partial charge on any atom is 0.343 e.